The summed E-state index contributed by atoms with van der Waals surface area (Å²) in [4.78, 5) is 3.14. The molecule has 0 radical (unpaired) electrons. The van der Waals surface area contributed by atoms with Gasteiger partial charge < -0.3 is 10.6 Å². The van der Waals surface area contributed by atoms with Crippen LogP contribution in [0.25, 0.3) is 0 Å². The molecule has 1 heterocycles. The molecule has 1 atom stereocenters. The maximum atomic E-state index is 5.47. The lowest BCUT2D eigenvalue weighted by Crippen LogP contribution is -2.25. The van der Waals surface area contributed by atoms with E-state index in [4.69, 9.17) is 18.0 Å². The Hall–Kier alpha value is -0.150. The van der Waals surface area contributed by atoms with Gasteiger partial charge in [0, 0.05) is 19.5 Å². The lowest BCUT2D eigenvalue weighted by atomic mass is 10.0. The Morgan fingerprint density at radius 3 is 3.00 bits per heavy atom. The van der Waals surface area contributed by atoms with E-state index >= 15 is 0 Å². The van der Waals surface area contributed by atoms with E-state index in [0.717, 1.165) is 18.9 Å². The van der Waals surface area contributed by atoms with Gasteiger partial charge in [0.25, 0.3) is 0 Å². The number of hydrogen-bond donors (Lipinski definition) is 1. The van der Waals surface area contributed by atoms with Crippen LogP contribution in [0.3, 0.4) is 0 Å². The van der Waals surface area contributed by atoms with Crippen molar-refractivity contribution in [2.75, 3.05) is 19.6 Å². The molecule has 0 aliphatic carbocycles. The fourth-order valence-electron chi connectivity index (χ4n) is 2.03. The highest BCUT2D eigenvalue weighted by molar-refractivity contribution is 7.80. The summed E-state index contributed by atoms with van der Waals surface area (Å²) in [5, 5.41) is 0. The molecule has 13 heavy (non-hydrogen) atoms. The average Bonchev–Trinajstić information content (AvgIpc) is 2.50. The topological polar surface area (TPSA) is 29.3 Å². The summed E-state index contributed by atoms with van der Waals surface area (Å²) in [5.41, 5.74) is 5.47. The molecular weight excluding hydrogens is 180 g/mol. The fourth-order valence-corrected chi connectivity index (χ4v) is 2.12. The Morgan fingerprint density at radius 2 is 2.38 bits per heavy atom. The van der Waals surface area contributed by atoms with Gasteiger partial charge in [-0.15, -0.1) is 0 Å². The van der Waals surface area contributed by atoms with Crippen molar-refractivity contribution in [1.82, 2.24) is 4.90 Å². The third-order valence-electron chi connectivity index (χ3n) is 2.74. The van der Waals surface area contributed by atoms with Gasteiger partial charge in [0.2, 0.25) is 0 Å². The number of rotatable bonds is 5. The van der Waals surface area contributed by atoms with Crippen LogP contribution in [0.5, 0.6) is 0 Å². The van der Waals surface area contributed by atoms with Crippen LogP contribution in [0.2, 0.25) is 0 Å². The Bertz CT molecular complexity index is 170. The Balaban J connectivity index is 2.13. The van der Waals surface area contributed by atoms with E-state index in [9.17, 15) is 0 Å². The lowest BCUT2D eigenvalue weighted by molar-refractivity contribution is 0.330. The summed E-state index contributed by atoms with van der Waals surface area (Å²) >= 11 is 4.86. The van der Waals surface area contributed by atoms with Crippen molar-refractivity contribution in [3.8, 4) is 0 Å². The first-order valence-corrected chi connectivity index (χ1v) is 5.64. The third kappa shape index (κ3) is 4.05. The predicted molar refractivity (Wildman–Crippen MR) is 60.9 cm³/mol. The van der Waals surface area contributed by atoms with E-state index in [2.05, 4.69) is 11.8 Å². The third-order valence-corrected chi connectivity index (χ3v) is 2.95. The van der Waals surface area contributed by atoms with Crippen LogP contribution in [0.4, 0.5) is 0 Å². The molecule has 76 valence electrons. The molecule has 1 aliphatic rings. The molecule has 0 spiro atoms. The number of nitrogens with zero attached hydrogens (tertiary/aromatic N) is 1. The molecule has 1 saturated heterocycles. The van der Waals surface area contributed by atoms with Gasteiger partial charge in [-0.1, -0.05) is 25.6 Å². The molecule has 1 aliphatic heterocycles. The average molecular weight is 200 g/mol. The molecular formula is C10H20N2S. The molecule has 0 saturated carbocycles. The smallest absolute Gasteiger partial charge is 0.0740 e. The van der Waals surface area contributed by atoms with Gasteiger partial charge in [-0.05, 0) is 25.3 Å². The van der Waals surface area contributed by atoms with Crippen LogP contribution in [0.15, 0.2) is 0 Å². The van der Waals surface area contributed by atoms with Crippen LogP contribution in [0, 0.1) is 5.92 Å². The standard InChI is InChI=1S/C10H20N2S/c1-2-3-9-4-6-12(8-9)7-5-10(11)13/h9H,2-8H2,1H3,(H2,11,13). The quantitative estimate of drug-likeness (QED) is 0.686. The van der Waals surface area contributed by atoms with E-state index in [0.29, 0.717) is 4.99 Å². The van der Waals surface area contributed by atoms with Crippen molar-refractivity contribution in [1.29, 1.82) is 0 Å². The zero-order valence-corrected chi connectivity index (χ0v) is 9.28. The highest BCUT2D eigenvalue weighted by atomic mass is 32.1. The summed E-state index contributed by atoms with van der Waals surface area (Å²) in [7, 11) is 0. The second-order valence-corrected chi connectivity index (χ2v) is 4.48. The zero-order valence-electron chi connectivity index (χ0n) is 8.46. The summed E-state index contributed by atoms with van der Waals surface area (Å²) < 4.78 is 0. The maximum absolute atomic E-state index is 5.47. The molecule has 0 aromatic heterocycles. The van der Waals surface area contributed by atoms with E-state index in [1.165, 1.54) is 32.4 Å². The number of hydrogen-bond acceptors (Lipinski definition) is 2. The monoisotopic (exact) mass is 200 g/mol. The second kappa shape index (κ2) is 5.55. The van der Waals surface area contributed by atoms with E-state index in [-0.39, 0.29) is 0 Å². The number of likely N-dealkylation sites (tertiary alicyclic amines) is 1. The van der Waals surface area contributed by atoms with Gasteiger partial charge >= 0.3 is 0 Å². The molecule has 0 aromatic carbocycles. The molecule has 1 fully saturated rings. The first-order valence-electron chi connectivity index (χ1n) is 5.23. The molecule has 0 bridgehead atoms. The zero-order chi connectivity index (χ0) is 9.68. The minimum absolute atomic E-state index is 0.652. The molecule has 2 N–H and O–H groups in total. The first-order chi connectivity index (χ1) is 6.22. The fraction of sp³-hybridized carbons (Fsp3) is 0.900. The van der Waals surface area contributed by atoms with Gasteiger partial charge in [-0.2, -0.15) is 0 Å². The van der Waals surface area contributed by atoms with Crippen LogP contribution < -0.4 is 5.73 Å². The summed E-state index contributed by atoms with van der Waals surface area (Å²) in [6, 6.07) is 0. The van der Waals surface area contributed by atoms with Crippen molar-refractivity contribution in [2.45, 2.75) is 32.6 Å². The Morgan fingerprint density at radius 1 is 1.62 bits per heavy atom. The van der Waals surface area contributed by atoms with E-state index in [1.807, 2.05) is 0 Å². The van der Waals surface area contributed by atoms with Crippen molar-refractivity contribution in [3.63, 3.8) is 0 Å². The second-order valence-electron chi connectivity index (χ2n) is 3.96. The lowest BCUT2D eigenvalue weighted by Gasteiger charge is -2.14. The van der Waals surface area contributed by atoms with Crippen LogP contribution in [-0.2, 0) is 0 Å². The van der Waals surface area contributed by atoms with Crippen molar-refractivity contribution in [2.24, 2.45) is 11.7 Å². The highest BCUT2D eigenvalue weighted by Gasteiger charge is 2.20. The molecule has 1 rings (SSSR count). The first kappa shape index (κ1) is 10.9. The summed E-state index contributed by atoms with van der Waals surface area (Å²) in [5.74, 6) is 0.927. The minimum atomic E-state index is 0.652. The molecule has 2 nitrogen and oxygen atoms in total. The summed E-state index contributed by atoms with van der Waals surface area (Å²) in [6.45, 7) is 5.83. The Kier molecular flexibility index (Phi) is 4.67. The van der Waals surface area contributed by atoms with Crippen LogP contribution >= 0.6 is 12.2 Å². The van der Waals surface area contributed by atoms with Gasteiger partial charge in [0.15, 0.2) is 0 Å². The Labute approximate surface area is 86.5 Å². The molecule has 0 aromatic rings. The normalized spacial score (nSPS) is 23.6. The number of thiocarbonyl (C=S) groups is 1. The molecule has 0 amide bonds. The minimum Gasteiger partial charge on any atom is -0.393 e. The highest BCUT2D eigenvalue weighted by Crippen LogP contribution is 2.20. The van der Waals surface area contributed by atoms with Crippen molar-refractivity contribution >= 4 is 17.2 Å². The van der Waals surface area contributed by atoms with E-state index in [1.54, 1.807) is 0 Å². The SMILES string of the molecule is CCCC1CCN(CCC(N)=S)C1. The summed E-state index contributed by atoms with van der Waals surface area (Å²) in [6.07, 6.45) is 4.94. The van der Waals surface area contributed by atoms with Gasteiger partial charge in [-0.3, -0.25) is 0 Å². The van der Waals surface area contributed by atoms with Crippen LogP contribution in [0.1, 0.15) is 32.6 Å². The van der Waals surface area contributed by atoms with Crippen LogP contribution in [-0.4, -0.2) is 29.5 Å². The molecule has 1 unspecified atom stereocenters. The molecule has 3 heteroatoms. The van der Waals surface area contributed by atoms with Gasteiger partial charge in [0.05, 0.1) is 4.99 Å². The van der Waals surface area contributed by atoms with Gasteiger partial charge in [-0.25, -0.2) is 0 Å². The van der Waals surface area contributed by atoms with Crippen molar-refractivity contribution < 1.29 is 0 Å². The largest absolute Gasteiger partial charge is 0.393 e. The number of nitrogens with two attached hydrogens (primary N) is 1. The van der Waals surface area contributed by atoms with Gasteiger partial charge in [0.1, 0.15) is 0 Å². The van der Waals surface area contributed by atoms with Crippen molar-refractivity contribution in [3.05, 3.63) is 0 Å². The van der Waals surface area contributed by atoms with E-state index < -0.39 is 0 Å². The maximum Gasteiger partial charge on any atom is 0.0740 e. The predicted octanol–water partition coefficient (Wildman–Crippen LogP) is 1.78.